The Kier molecular flexibility index (Phi) is 4.92. The average Bonchev–Trinajstić information content (AvgIpc) is 2.85. The van der Waals surface area contributed by atoms with Gasteiger partial charge in [-0.05, 0) is 13.5 Å². The molecular formula is C13H18ClN5O. The van der Waals surface area contributed by atoms with Crippen molar-refractivity contribution in [1.82, 2.24) is 25.1 Å². The molecule has 0 saturated heterocycles. The van der Waals surface area contributed by atoms with Gasteiger partial charge in [0.15, 0.2) is 0 Å². The molecule has 0 spiro atoms. The van der Waals surface area contributed by atoms with Crippen LogP contribution in [0.3, 0.4) is 0 Å². The first kappa shape index (κ1) is 14.7. The van der Waals surface area contributed by atoms with Crippen molar-refractivity contribution in [2.24, 2.45) is 0 Å². The van der Waals surface area contributed by atoms with E-state index in [1.165, 1.54) is 6.33 Å². The largest absolute Gasteiger partial charge is 0.481 e. The summed E-state index contributed by atoms with van der Waals surface area (Å²) >= 11 is 6.28. The topological polar surface area (TPSA) is 64.9 Å². The van der Waals surface area contributed by atoms with Gasteiger partial charge in [-0.2, -0.15) is 5.10 Å². The lowest BCUT2D eigenvalue weighted by Crippen LogP contribution is -2.26. The second-order valence-electron chi connectivity index (χ2n) is 4.17. The monoisotopic (exact) mass is 295 g/mol. The van der Waals surface area contributed by atoms with Crippen molar-refractivity contribution in [3.05, 3.63) is 35.0 Å². The number of halogens is 1. The third kappa shape index (κ3) is 2.91. The van der Waals surface area contributed by atoms with Gasteiger partial charge in [-0.15, -0.1) is 0 Å². The fraction of sp³-hybridized carbons (Fsp3) is 0.462. The van der Waals surface area contributed by atoms with Crippen LogP contribution in [0, 0.1) is 0 Å². The maximum absolute atomic E-state index is 6.28. The van der Waals surface area contributed by atoms with E-state index < -0.39 is 0 Å². The Morgan fingerprint density at radius 2 is 2.20 bits per heavy atom. The summed E-state index contributed by atoms with van der Waals surface area (Å²) in [7, 11) is 1.58. The average molecular weight is 296 g/mol. The minimum Gasteiger partial charge on any atom is -0.481 e. The summed E-state index contributed by atoms with van der Waals surface area (Å²) < 4.78 is 7.02. The normalized spacial score (nSPS) is 12.4. The summed E-state index contributed by atoms with van der Waals surface area (Å²) in [6.45, 7) is 5.58. The van der Waals surface area contributed by atoms with Gasteiger partial charge in [-0.25, -0.2) is 9.97 Å². The Morgan fingerprint density at radius 3 is 2.85 bits per heavy atom. The number of aromatic nitrogens is 4. The van der Waals surface area contributed by atoms with E-state index in [0.717, 1.165) is 24.5 Å². The van der Waals surface area contributed by atoms with Crippen LogP contribution in [0.2, 0.25) is 5.02 Å². The number of nitrogens with one attached hydrogen (secondary N) is 1. The lowest BCUT2D eigenvalue weighted by Gasteiger charge is -2.19. The Balaban J connectivity index is 2.47. The highest BCUT2D eigenvalue weighted by molar-refractivity contribution is 6.31. The molecule has 0 aliphatic heterocycles. The highest BCUT2D eigenvalue weighted by Crippen LogP contribution is 2.28. The van der Waals surface area contributed by atoms with E-state index >= 15 is 0 Å². The van der Waals surface area contributed by atoms with E-state index in [0.29, 0.717) is 10.9 Å². The first-order valence-electron chi connectivity index (χ1n) is 6.51. The van der Waals surface area contributed by atoms with E-state index in [4.69, 9.17) is 16.3 Å². The molecule has 2 aromatic heterocycles. The van der Waals surface area contributed by atoms with Gasteiger partial charge < -0.3 is 10.1 Å². The summed E-state index contributed by atoms with van der Waals surface area (Å²) in [6, 6.07) is 1.66. The second-order valence-corrected chi connectivity index (χ2v) is 4.58. The molecule has 0 fully saturated rings. The molecule has 2 heterocycles. The summed E-state index contributed by atoms with van der Waals surface area (Å²) in [5, 5.41) is 8.27. The van der Waals surface area contributed by atoms with Crippen LogP contribution in [0.4, 0.5) is 0 Å². The molecular weight excluding hydrogens is 278 g/mol. The lowest BCUT2D eigenvalue weighted by atomic mass is 10.1. The van der Waals surface area contributed by atoms with Crippen molar-refractivity contribution in [2.45, 2.75) is 26.4 Å². The van der Waals surface area contributed by atoms with Gasteiger partial charge in [0.25, 0.3) is 0 Å². The highest BCUT2D eigenvalue weighted by atomic mass is 35.5. The van der Waals surface area contributed by atoms with Crippen LogP contribution in [0.1, 0.15) is 31.3 Å². The lowest BCUT2D eigenvalue weighted by molar-refractivity contribution is 0.394. The zero-order valence-electron chi connectivity index (χ0n) is 11.8. The predicted octanol–water partition coefficient (Wildman–Crippen LogP) is 2.05. The maximum atomic E-state index is 6.28. The SMILES string of the molecule is CCNC(c1cc(OC)ncn1)c1c(Cl)cnn1CC. The van der Waals surface area contributed by atoms with E-state index in [-0.39, 0.29) is 6.04 Å². The summed E-state index contributed by atoms with van der Waals surface area (Å²) in [5.74, 6) is 0.525. The van der Waals surface area contributed by atoms with Gasteiger partial charge in [-0.1, -0.05) is 18.5 Å². The molecule has 0 amide bonds. The molecule has 108 valence electrons. The Bertz CT molecular complexity index is 572. The Morgan fingerprint density at radius 1 is 1.40 bits per heavy atom. The third-order valence-corrected chi connectivity index (χ3v) is 3.27. The quantitative estimate of drug-likeness (QED) is 0.883. The van der Waals surface area contributed by atoms with Crippen LogP contribution in [-0.4, -0.2) is 33.4 Å². The second kappa shape index (κ2) is 6.67. The minimum atomic E-state index is -0.146. The van der Waals surface area contributed by atoms with Crippen molar-refractivity contribution in [3.8, 4) is 5.88 Å². The van der Waals surface area contributed by atoms with Gasteiger partial charge in [0.05, 0.1) is 35.8 Å². The molecule has 2 rings (SSSR count). The Hall–Kier alpha value is -1.66. The van der Waals surface area contributed by atoms with Crippen LogP contribution in [0.15, 0.2) is 18.6 Å². The van der Waals surface area contributed by atoms with E-state index in [1.807, 2.05) is 18.5 Å². The summed E-state index contributed by atoms with van der Waals surface area (Å²) in [6.07, 6.45) is 3.14. The number of methoxy groups -OCH3 is 1. The van der Waals surface area contributed by atoms with E-state index in [9.17, 15) is 0 Å². The first-order chi connectivity index (χ1) is 9.71. The third-order valence-electron chi connectivity index (χ3n) is 2.98. The molecule has 0 aromatic carbocycles. The van der Waals surface area contributed by atoms with Crippen molar-refractivity contribution in [1.29, 1.82) is 0 Å². The first-order valence-corrected chi connectivity index (χ1v) is 6.89. The van der Waals surface area contributed by atoms with Crippen LogP contribution < -0.4 is 10.1 Å². The van der Waals surface area contributed by atoms with E-state index in [2.05, 4.69) is 20.4 Å². The number of rotatable bonds is 6. The predicted molar refractivity (Wildman–Crippen MR) is 77.0 cm³/mol. The minimum absolute atomic E-state index is 0.146. The molecule has 1 unspecified atom stereocenters. The van der Waals surface area contributed by atoms with Crippen LogP contribution in [-0.2, 0) is 6.54 Å². The van der Waals surface area contributed by atoms with Crippen molar-refractivity contribution in [2.75, 3.05) is 13.7 Å². The standard InChI is InChI=1S/C13H18ClN5O/c1-4-15-12(10-6-11(20-3)17-8-16-10)13-9(14)7-18-19(13)5-2/h6-8,12,15H,4-5H2,1-3H3. The molecule has 1 atom stereocenters. The number of ether oxygens (including phenoxy) is 1. The van der Waals surface area contributed by atoms with Crippen LogP contribution in [0.25, 0.3) is 0 Å². The fourth-order valence-corrected chi connectivity index (χ4v) is 2.33. The Labute approximate surface area is 123 Å². The highest BCUT2D eigenvalue weighted by Gasteiger charge is 2.22. The van der Waals surface area contributed by atoms with Gasteiger partial charge in [0.2, 0.25) is 5.88 Å². The molecule has 6 nitrogen and oxygen atoms in total. The van der Waals surface area contributed by atoms with Crippen LogP contribution >= 0.6 is 11.6 Å². The van der Waals surface area contributed by atoms with E-state index in [1.54, 1.807) is 19.4 Å². The maximum Gasteiger partial charge on any atom is 0.216 e. The zero-order chi connectivity index (χ0) is 14.5. The number of hydrogen-bond acceptors (Lipinski definition) is 5. The number of nitrogens with zero attached hydrogens (tertiary/aromatic N) is 4. The van der Waals surface area contributed by atoms with Gasteiger partial charge in [0.1, 0.15) is 6.33 Å². The molecule has 1 N–H and O–H groups in total. The van der Waals surface area contributed by atoms with Crippen molar-refractivity contribution in [3.63, 3.8) is 0 Å². The van der Waals surface area contributed by atoms with Crippen molar-refractivity contribution < 1.29 is 4.74 Å². The zero-order valence-corrected chi connectivity index (χ0v) is 12.6. The summed E-state index contributed by atoms with van der Waals surface area (Å²) in [5.41, 5.74) is 1.70. The molecule has 0 radical (unpaired) electrons. The molecule has 0 aliphatic carbocycles. The number of hydrogen-bond donors (Lipinski definition) is 1. The van der Waals surface area contributed by atoms with Crippen molar-refractivity contribution >= 4 is 11.6 Å². The fourth-order valence-electron chi connectivity index (χ4n) is 2.08. The molecule has 0 bridgehead atoms. The number of aryl methyl sites for hydroxylation is 1. The smallest absolute Gasteiger partial charge is 0.216 e. The summed E-state index contributed by atoms with van der Waals surface area (Å²) in [4.78, 5) is 8.36. The van der Waals surface area contributed by atoms with Gasteiger partial charge in [-0.3, -0.25) is 4.68 Å². The molecule has 0 saturated carbocycles. The molecule has 7 heteroatoms. The van der Waals surface area contributed by atoms with Crippen LogP contribution in [0.5, 0.6) is 5.88 Å². The molecule has 2 aromatic rings. The molecule has 20 heavy (non-hydrogen) atoms. The van der Waals surface area contributed by atoms with Gasteiger partial charge >= 0.3 is 0 Å². The molecule has 0 aliphatic rings. The van der Waals surface area contributed by atoms with Gasteiger partial charge in [0, 0.05) is 12.6 Å².